The Labute approximate surface area is 96.0 Å². The molecule has 0 aromatic rings. The number of hydrogen-bond donors (Lipinski definition) is 1. The molecule has 8 heteroatoms. The number of sulfonamides is 1. The normalized spacial score (nSPS) is 30.1. The lowest BCUT2D eigenvalue weighted by atomic mass is 10.4. The molecule has 0 spiro atoms. The van der Waals surface area contributed by atoms with E-state index in [1.165, 1.54) is 0 Å². The summed E-state index contributed by atoms with van der Waals surface area (Å²) >= 11 is 0. The number of rotatable bonds is 2. The van der Waals surface area contributed by atoms with E-state index in [2.05, 4.69) is 9.08 Å². The average molecular weight is 268 g/mol. The maximum Gasteiger partial charge on any atom is 0.266 e. The molecule has 0 aromatic carbocycles. The van der Waals surface area contributed by atoms with Gasteiger partial charge in [-0.3, -0.25) is 0 Å². The molecule has 0 aromatic heterocycles. The number of nitrogens with zero attached hydrogens (tertiary/aromatic N) is 1. The SMILES string of the molecule is O=S(=O)(N=S1(=O)CCNCC1)C1CCOC1. The molecule has 0 amide bonds. The molecule has 1 unspecified atom stereocenters. The van der Waals surface area contributed by atoms with Crippen LogP contribution in [0.2, 0.25) is 0 Å². The van der Waals surface area contributed by atoms with Crippen LogP contribution in [0.25, 0.3) is 0 Å². The summed E-state index contributed by atoms with van der Waals surface area (Å²) in [7, 11) is -6.19. The quantitative estimate of drug-likeness (QED) is 0.707. The van der Waals surface area contributed by atoms with Crippen LogP contribution in [-0.4, -0.2) is 55.7 Å². The van der Waals surface area contributed by atoms with E-state index < -0.39 is 25.0 Å². The monoisotopic (exact) mass is 268 g/mol. The van der Waals surface area contributed by atoms with Crippen LogP contribution in [0.5, 0.6) is 0 Å². The lowest BCUT2D eigenvalue weighted by Gasteiger charge is -2.17. The molecule has 1 atom stereocenters. The highest BCUT2D eigenvalue weighted by Gasteiger charge is 2.31. The van der Waals surface area contributed by atoms with Crippen LogP contribution in [0.1, 0.15) is 6.42 Å². The van der Waals surface area contributed by atoms with Gasteiger partial charge in [-0.05, 0) is 6.42 Å². The molecule has 0 aliphatic carbocycles. The van der Waals surface area contributed by atoms with Gasteiger partial charge in [0.2, 0.25) is 0 Å². The molecule has 0 bridgehead atoms. The highest BCUT2D eigenvalue weighted by atomic mass is 32.3. The van der Waals surface area contributed by atoms with Crippen LogP contribution in [0.4, 0.5) is 0 Å². The molecule has 2 fully saturated rings. The first-order valence-electron chi connectivity index (χ1n) is 5.28. The molecule has 0 saturated carbocycles. The fourth-order valence-electron chi connectivity index (χ4n) is 1.76. The topological polar surface area (TPSA) is 84.8 Å². The standard InChI is InChI=1S/C8H16N2O4S2/c11-15(5-2-9-3-6-15)10-16(12,13)8-1-4-14-7-8/h8-9H,1-7H2. The van der Waals surface area contributed by atoms with Crippen molar-refractivity contribution in [1.82, 2.24) is 5.32 Å². The van der Waals surface area contributed by atoms with Gasteiger partial charge in [0.05, 0.1) is 16.3 Å². The average Bonchev–Trinajstić information content (AvgIpc) is 2.70. The minimum absolute atomic E-state index is 0.180. The first-order valence-corrected chi connectivity index (χ1v) is 8.64. The van der Waals surface area contributed by atoms with Crippen molar-refractivity contribution in [3.05, 3.63) is 0 Å². The maximum atomic E-state index is 12.2. The second-order valence-corrected chi connectivity index (χ2v) is 8.66. The third kappa shape index (κ3) is 2.73. The van der Waals surface area contributed by atoms with Crippen LogP contribution in [0.3, 0.4) is 0 Å². The molecule has 0 radical (unpaired) electrons. The maximum absolute atomic E-state index is 12.2. The van der Waals surface area contributed by atoms with Gasteiger partial charge in [-0.1, -0.05) is 0 Å². The predicted octanol–water partition coefficient (Wildman–Crippen LogP) is -0.824. The molecular weight excluding hydrogens is 252 g/mol. The van der Waals surface area contributed by atoms with Crippen LogP contribution in [0, 0.1) is 0 Å². The van der Waals surface area contributed by atoms with Crippen molar-refractivity contribution in [2.45, 2.75) is 11.7 Å². The van der Waals surface area contributed by atoms with Gasteiger partial charge in [0.25, 0.3) is 10.0 Å². The minimum atomic E-state index is -3.62. The van der Waals surface area contributed by atoms with Crippen molar-refractivity contribution in [2.24, 2.45) is 3.77 Å². The summed E-state index contributed by atoms with van der Waals surface area (Å²) in [6, 6.07) is 0. The summed E-state index contributed by atoms with van der Waals surface area (Å²) < 4.78 is 44.6. The van der Waals surface area contributed by atoms with Crippen molar-refractivity contribution < 1.29 is 17.4 Å². The summed E-state index contributed by atoms with van der Waals surface area (Å²) in [5, 5.41) is 2.44. The zero-order valence-corrected chi connectivity index (χ0v) is 10.6. The van der Waals surface area contributed by atoms with Crippen LogP contribution < -0.4 is 5.32 Å². The molecule has 94 valence electrons. The summed E-state index contributed by atoms with van der Waals surface area (Å²) in [5.74, 6) is 0.639. The Hall–Kier alpha value is -0.180. The Balaban J connectivity index is 2.24. The van der Waals surface area contributed by atoms with Crippen molar-refractivity contribution in [1.29, 1.82) is 0 Å². The highest BCUT2D eigenvalue weighted by Crippen LogP contribution is 2.17. The van der Waals surface area contributed by atoms with Crippen LogP contribution >= 0.6 is 0 Å². The van der Waals surface area contributed by atoms with E-state index in [0.29, 0.717) is 37.6 Å². The lowest BCUT2D eigenvalue weighted by molar-refractivity contribution is 0.198. The summed E-state index contributed by atoms with van der Waals surface area (Å²) in [6.07, 6.45) is 0.458. The van der Waals surface area contributed by atoms with Crippen molar-refractivity contribution >= 4 is 19.8 Å². The first kappa shape index (κ1) is 12.3. The van der Waals surface area contributed by atoms with Gasteiger partial charge < -0.3 is 10.1 Å². The minimum Gasteiger partial charge on any atom is -0.380 e. The Morgan fingerprint density at radius 2 is 2.00 bits per heavy atom. The molecule has 2 heterocycles. The van der Waals surface area contributed by atoms with Crippen molar-refractivity contribution in [3.63, 3.8) is 0 Å². The van der Waals surface area contributed by atoms with Gasteiger partial charge >= 0.3 is 0 Å². The zero-order valence-electron chi connectivity index (χ0n) is 8.92. The largest absolute Gasteiger partial charge is 0.380 e. The summed E-state index contributed by atoms with van der Waals surface area (Å²) in [6.45, 7) is 1.76. The molecule has 2 aliphatic heterocycles. The third-order valence-corrected chi connectivity index (χ3v) is 7.56. The molecule has 2 aliphatic rings. The molecule has 2 rings (SSSR count). The number of nitrogens with one attached hydrogen (secondary N) is 1. The molecule has 2 saturated heterocycles. The van der Waals surface area contributed by atoms with Gasteiger partial charge in [0.15, 0.2) is 0 Å². The summed E-state index contributed by atoms with van der Waals surface area (Å²) in [5.41, 5.74) is 0. The summed E-state index contributed by atoms with van der Waals surface area (Å²) in [4.78, 5) is 0. The van der Waals surface area contributed by atoms with Crippen LogP contribution in [0.15, 0.2) is 3.77 Å². The Morgan fingerprint density at radius 3 is 2.56 bits per heavy atom. The smallest absolute Gasteiger partial charge is 0.266 e. The van der Waals surface area contributed by atoms with Crippen molar-refractivity contribution in [3.8, 4) is 0 Å². The van der Waals surface area contributed by atoms with Gasteiger partial charge in [-0.15, -0.1) is 3.77 Å². The highest BCUT2D eigenvalue weighted by molar-refractivity contribution is 8.03. The van der Waals surface area contributed by atoms with E-state index in [0.717, 1.165) is 0 Å². The Kier molecular flexibility index (Phi) is 3.53. The van der Waals surface area contributed by atoms with E-state index in [-0.39, 0.29) is 6.61 Å². The fraction of sp³-hybridized carbons (Fsp3) is 1.00. The Bertz CT molecular complexity index is 446. The van der Waals surface area contributed by atoms with Gasteiger partial charge in [-0.2, -0.15) is 0 Å². The number of ether oxygens (including phenoxy) is 1. The second-order valence-electron chi connectivity index (χ2n) is 4.01. The van der Waals surface area contributed by atoms with Crippen molar-refractivity contribution in [2.75, 3.05) is 37.8 Å². The molecule has 6 nitrogen and oxygen atoms in total. The Morgan fingerprint density at radius 1 is 1.31 bits per heavy atom. The third-order valence-electron chi connectivity index (χ3n) is 2.74. The molecule has 1 N–H and O–H groups in total. The number of hydrogen-bond acceptors (Lipinski definition) is 5. The van der Waals surface area contributed by atoms with E-state index in [4.69, 9.17) is 4.74 Å². The molecule has 16 heavy (non-hydrogen) atoms. The zero-order chi connectivity index (χ0) is 11.6. The molecular formula is C8H16N2O4S2. The first-order chi connectivity index (χ1) is 7.52. The predicted molar refractivity (Wildman–Crippen MR) is 61.3 cm³/mol. The lowest BCUT2D eigenvalue weighted by Crippen LogP contribution is -2.36. The fourth-order valence-corrected chi connectivity index (χ4v) is 6.15. The van der Waals surface area contributed by atoms with E-state index in [9.17, 15) is 12.6 Å². The van der Waals surface area contributed by atoms with Crippen LogP contribution in [-0.2, 0) is 24.5 Å². The van der Waals surface area contributed by atoms with Gasteiger partial charge in [0, 0.05) is 31.2 Å². The van der Waals surface area contributed by atoms with Gasteiger partial charge in [-0.25, -0.2) is 12.6 Å². The second kappa shape index (κ2) is 4.59. The van der Waals surface area contributed by atoms with E-state index in [1.807, 2.05) is 0 Å². The van der Waals surface area contributed by atoms with E-state index in [1.54, 1.807) is 0 Å². The van der Waals surface area contributed by atoms with Gasteiger partial charge in [0.1, 0.15) is 5.25 Å². The van der Waals surface area contributed by atoms with E-state index >= 15 is 0 Å².